The van der Waals surface area contributed by atoms with Gasteiger partial charge in [-0.25, -0.2) is 4.99 Å². The maximum atomic E-state index is 12.2. The first-order valence-corrected chi connectivity index (χ1v) is 8.26. The number of nitrogens with zero attached hydrogens (tertiary/aromatic N) is 2. The predicted octanol–water partition coefficient (Wildman–Crippen LogP) is 3.51. The zero-order valence-corrected chi connectivity index (χ0v) is 15.2. The highest BCUT2D eigenvalue weighted by Crippen LogP contribution is 2.28. The van der Waals surface area contributed by atoms with Crippen LogP contribution in [0.3, 0.4) is 0 Å². The van der Waals surface area contributed by atoms with Gasteiger partial charge in [0.05, 0.1) is 27.9 Å². The fourth-order valence-electron chi connectivity index (χ4n) is 2.27. The largest absolute Gasteiger partial charge is 0.396 e. The van der Waals surface area contributed by atoms with E-state index in [4.69, 9.17) is 34.7 Å². The average molecular weight is 377 g/mol. The van der Waals surface area contributed by atoms with Crippen LogP contribution < -0.4 is 11.5 Å². The first kappa shape index (κ1) is 19.0. The van der Waals surface area contributed by atoms with Gasteiger partial charge >= 0.3 is 0 Å². The van der Waals surface area contributed by atoms with E-state index >= 15 is 0 Å². The zero-order chi connectivity index (χ0) is 18.4. The van der Waals surface area contributed by atoms with Crippen molar-refractivity contribution in [1.29, 1.82) is 0 Å². The van der Waals surface area contributed by atoms with Crippen molar-refractivity contribution >= 4 is 46.3 Å². The second-order valence-electron chi connectivity index (χ2n) is 5.36. The van der Waals surface area contributed by atoms with Gasteiger partial charge in [0.25, 0.3) is 5.91 Å². The molecule has 0 aliphatic heterocycles. The molecule has 25 heavy (non-hydrogen) atoms. The summed E-state index contributed by atoms with van der Waals surface area (Å²) in [6.07, 6.45) is 0.319. The number of nitrogens with two attached hydrogens (primary N) is 2. The molecule has 0 aliphatic carbocycles. The topological polar surface area (TPSA) is 93.8 Å². The molecule has 0 aromatic heterocycles. The summed E-state index contributed by atoms with van der Waals surface area (Å²) < 4.78 is 0. The third-order valence-corrected chi connectivity index (χ3v) is 4.11. The Labute approximate surface area is 156 Å². The lowest BCUT2D eigenvalue weighted by Gasteiger charge is -2.07. The third-order valence-electron chi connectivity index (χ3n) is 3.49. The summed E-state index contributed by atoms with van der Waals surface area (Å²) in [4.78, 5) is 20.2. The molecular formula is C18H18Cl2N4O. The van der Waals surface area contributed by atoms with E-state index in [9.17, 15) is 4.79 Å². The van der Waals surface area contributed by atoms with E-state index in [0.717, 1.165) is 11.1 Å². The van der Waals surface area contributed by atoms with Crippen molar-refractivity contribution in [2.45, 2.75) is 12.8 Å². The minimum Gasteiger partial charge on any atom is -0.396 e. The van der Waals surface area contributed by atoms with Gasteiger partial charge in [0, 0.05) is 13.5 Å². The first-order chi connectivity index (χ1) is 11.9. The molecule has 0 heterocycles. The number of carbonyl (C=O) groups excluding carboxylic acids is 1. The molecule has 2 aromatic rings. The zero-order valence-electron chi connectivity index (χ0n) is 13.7. The lowest BCUT2D eigenvalue weighted by molar-refractivity contribution is -0.116. The van der Waals surface area contributed by atoms with Crippen molar-refractivity contribution < 1.29 is 4.79 Å². The Morgan fingerprint density at radius 2 is 1.72 bits per heavy atom. The van der Waals surface area contributed by atoms with E-state index < -0.39 is 0 Å². The lowest BCUT2D eigenvalue weighted by Crippen LogP contribution is -2.18. The van der Waals surface area contributed by atoms with Gasteiger partial charge < -0.3 is 11.5 Å². The molecule has 0 bridgehead atoms. The van der Waals surface area contributed by atoms with E-state index in [0.29, 0.717) is 21.4 Å². The number of anilines is 1. The molecule has 4 N–H and O–H groups in total. The molecule has 2 aromatic carbocycles. The fraction of sp³-hybridized carbons (Fsp3) is 0.167. The van der Waals surface area contributed by atoms with Gasteiger partial charge in [-0.2, -0.15) is 0 Å². The van der Waals surface area contributed by atoms with Crippen LogP contribution in [0.5, 0.6) is 0 Å². The van der Waals surface area contributed by atoms with Crippen LogP contribution in [0.25, 0.3) is 0 Å². The molecule has 0 radical (unpaired) electrons. The number of hydrogen-bond acceptors (Lipinski definition) is 3. The number of carbonyl (C=O) groups is 1. The Balaban J connectivity index is 2.07. The molecule has 0 fully saturated rings. The summed E-state index contributed by atoms with van der Waals surface area (Å²) in [7, 11) is 1.64. The smallest absolute Gasteiger partial charge is 0.253 e. The average Bonchev–Trinajstić information content (AvgIpc) is 2.58. The molecular weight excluding hydrogens is 359 g/mol. The quantitative estimate of drug-likeness (QED) is 0.474. The summed E-state index contributed by atoms with van der Waals surface area (Å²) in [5.41, 5.74) is 14.1. The highest BCUT2D eigenvalue weighted by Gasteiger charge is 2.10. The second-order valence-corrected chi connectivity index (χ2v) is 6.17. The number of amides is 1. The van der Waals surface area contributed by atoms with Crippen LogP contribution in [0, 0.1) is 0 Å². The number of halogens is 2. The van der Waals surface area contributed by atoms with Gasteiger partial charge in [-0.3, -0.25) is 9.79 Å². The molecule has 0 aliphatic rings. The van der Waals surface area contributed by atoms with Crippen molar-refractivity contribution in [3.8, 4) is 0 Å². The van der Waals surface area contributed by atoms with E-state index in [1.807, 2.05) is 30.3 Å². The van der Waals surface area contributed by atoms with Crippen LogP contribution in [0.4, 0.5) is 5.69 Å². The monoisotopic (exact) mass is 376 g/mol. The standard InChI is InChI=1S/C18H18Cl2N4O/c1-23-15(12-5-3-2-4-6-12)10-17(25)24-16(21)9-11-7-13(19)18(22)14(20)8-11/h2-8H,9-10,22H2,1H3,(H2,21,24,25)/b23-15+. The van der Waals surface area contributed by atoms with Gasteiger partial charge in [0.1, 0.15) is 5.84 Å². The summed E-state index contributed by atoms with van der Waals surface area (Å²) in [6, 6.07) is 12.8. The minimum atomic E-state index is -0.366. The maximum absolute atomic E-state index is 12.2. The van der Waals surface area contributed by atoms with Crippen molar-refractivity contribution in [2.75, 3.05) is 12.8 Å². The molecule has 1 amide bonds. The van der Waals surface area contributed by atoms with E-state index in [1.165, 1.54) is 0 Å². The number of amidine groups is 1. The molecule has 5 nitrogen and oxygen atoms in total. The van der Waals surface area contributed by atoms with Crippen molar-refractivity contribution in [2.24, 2.45) is 15.7 Å². The Morgan fingerprint density at radius 1 is 1.12 bits per heavy atom. The highest BCUT2D eigenvalue weighted by atomic mass is 35.5. The summed E-state index contributed by atoms with van der Waals surface area (Å²) in [6.45, 7) is 0. The molecule has 2 rings (SSSR count). The summed E-state index contributed by atoms with van der Waals surface area (Å²) >= 11 is 12.0. The van der Waals surface area contributed by atoms with Crippen molar-refractivity contribution in [3.63, 3.8) is 0 Å². The van der Waals surface area contributed by atoms with Crippen LogP contribution in [-0.2, 0) is 11.2 Å². The third kappa shape index (κ3) is 5.31. The van der Waals surface area contributed by atoms with Gasteiger partial charge in [-0.1, -0.05) is 53.5 Å². The van der Waals surface area contributed by atoms with E-state index in [-0.39, 0.29) is 24.6 Å². The Bertz CT molecular complexity index is 809. The number of nitrogen functional groups attached to an aromatic ring is 1. The van der Waals surface area contributed by atoms with Crippen LogP contribution in [-0.4, -0.2) is 24.5 Å². The van der Waals surface area contributed by atoms with Gasteiger partial charge in [0.2, 0.25) is 0 Å². The van der Waals surface area contributed by atoms with Gasteiger partial charge in [-0.15, -0.1) is 0 Å². The lowest BCUT2D eigenvalue weighted by atomic mass is 10.1. The highest BCUT2D eigenvalue weighted by molar-refractivity contribution is 6.39. The summed E-state index contributed by atoms with van der Waals surface area (Å²) in [5, 5.41) is 0.678. The van der Waals surface area contributed by atoms with Crippen molar-refractivity contribution in [3.05, 3.63) is 63.6 Å². The first-order valence-electron chi connectivity index (χ1n) is 7.51. The van der Waals surface area contributed by atoms with Crippen LogP contribution in [0.1, 0.15) is 17.5 Å². The fourth-order valence-corrected chi connectivity index (χ4v) is 2.80. The van der Waals surface area contributed by atoms with Crippen molar-refractivity contribution in [1.82, 2.24) is 0 Å². The number of hydrogen-bond donors (Lipinski definition) is 2. The van der Waals surface area contributed by atoms with E-state index in [1.54, 1.807) is 19.2 Å². The maximum Gasteiger partial charge on any atom is 0.253 e. The molecule has 0 atom stereocenters. The molecule has 7 heteroatoms. The number of rotatable bonds is 5. The summed E-state index contributed by atoms with van der Waals surface area (Å²) in [5.74, 6) is -0.194. The predicted molar refractivity (Wildman–Crippen MR) is 105 cm³/mol. The number of benzene rings is 2. The molecule has 0 saturated heterocycles. The molecule has 0 saturated carbocycles. The Hall–Kier alpha value is -2.37. The molecule has 0 spiro atoms. The van der Waals surface area contributed by atoms with Gasteiger partial charge in [0.15, 0.2) is 0 Å². The molecule has 130 valence electrons. The second kappa shape index (κ2) is 8.65. The van der Waals surface area contributed by atoms with Crippen LogP contribution in [0.15, 0.2) is 52.4 Å². The SMILES string of the molecule is C/N=C(\CC(=O)/N=C(\N)Cc1cc(Cl)c(N)c(Cl)c1)c1ccccc1. The normalized spacial score (nSPS) is 12.3. The van der Waals surface area contributed by atoms with Crippen LogP contribution in [0.2, 0.25) is 10.0 Å². The Kier molecular flexibility index (Phi) is 6.56. The Morgan fingerprint density at radius 3 is 2.28 bits per heavy atom. The van der Waals surface area contributed by atoms with Gasteiger partial charge in [-0.05, 0) is 23.3 Å². The molecule has 0 unspecified atom stereocenters. The van der Waals surface area contributed by atoms with Crippen LogP contribution >= 0.6 is 23.2 Å². The van der Waals surface area contributed by atoms with E-state index in [2.05, 4.69) is 9.98 Å². The number of aliphatic imine (C=N–C) groups is 2. The minimum absolute atomic E-state index is 0.0739.